The molecule has 6 aromatic carbocycles. The van der Waals surface area contributed by atoms with E-state index in [-0.39, 0.29) is 11.1 Å². The minimum atomic E-state index is -4.80. The number of azo groups is 2. The molecule has 0 saturated carbocycles. The quantitative estimate of drug-likeness (QED) is 0.0516. The van der Waals surface area contributed by atoms with Crippen molar-refractivity contribution in [1.29, 1.82) is 0 Å². The zero-order chi connectivity index (χ0) is 37.7. The lowest BCUT2D eigenvalue weighted by atomic mass is 10.1. The van der Waals surface area contributed by atoms with Crippen LogP contribution in [-0.4, -0.2) is 40.2 Å². The van der Waals surface area contributed by atoms with Crippen LogP contribution in [0.15, 0.2) is 141 Å². The molecule has 0 fully saturated rings. The van der Waals surface area contributed by atoms with E-state index in [0.717, 1.165) is 17.3 Å². The fourth-order valence-corrected chi connectivity index (χ4v) is 5.96. The van der Waals surface area contributed by atoms with Crippen LogP contribution in [0, 0.1) is 6.92 Å². The average molecular weight is 731 g/mol. The molecule has 6 aromatic rings. The average Bonchev–Trinajstić information content (AvgIpc) is 3.13. The molecule has 0 radical (unpaired) electrons. The van der Waals surface area contributed by atoms with Gasteiger partial charge in [-0.2, -0.15) is 23.8 Å². The van der Waals surface area contributed by atoms with Crippen molar-refractivity contribution in [2.45, 2.75) is 18.4 Å². The zero-order valence-corrected chi connectivity index (χ0v) is 28.6. The van der Waals surface area contributed by atoms with Crippen LogP contribution in [0.1, 0.15) is 31.8 Å². The number of phenols is 1. The van der Waals surface area contributed by atoms with Crippen molar-refractivity contribution in [2.24, 2.45) is 20.5 Å². The van der Waals surface area contributed by atoms with Crippen LogP contribution in [0.2, 0.25) is 0 Å². The number of phenolic OH excluding ortho intramolecular Hbond substituents is 1. The van der Waals surface area contributed by atoms with Crippen LogP contribution >= 0.6 is 0 Å². The summed E-state index contributed by atoms with van der Waals surface area (Å²) in [6.45, 7) is 2.07. The van der Waals surface area contributed by atoms with Gasteiger partial charge in [-0.25, -0.2) is 9.59 Å². The van der Waals surface area contributed by atoms with Gasteiger partial charge in [0.1, 0.15) is 10.6 Å². The Kier molecular flexibility index (Phi) is 10.2. The van der Waals surface area contributed by atoms with E-state index < -0.39 is 38.4 Å². The van der Waals surface area contributed by atoms with Gasteiger partial charge in [-0.1, -0.05) is 30.3 Å². The maximum absolute atomic E-state index is 12.4. The van der Waals surface area contributed by atoms with Crippen molar-refractivity contribution in [3.63, 3.8) is 0 Å². The molecule has 266 valence electrons. The highest BCUT2D eigenvalue weighted by Crippen LogP contribution is 2.42. The molecule has 0 aromatic heterocycles. The van der Waals surface area contributed by atoms with E-state index in [0.29, 0.717) is 51.3 Å². The van der Waals surface area contributed by atoms with Gasteiger partial charge in [0, 0.05) is 29.0 Å². The number of carbonyl (C=O) groups is 2. The highest BCUT2D eigenvalue weighted by Gasteiger charge is 2.22. The van der Waals surface area contributed by atoms with Gasteiger partial charge in [0.15, 0.2) is 5.75 Å². The number of aromatic carboxylic acids is 2. The topological polar surface area (TPSA) is 223 Å². The third-order valence-electron chi connectivity index (χ3n) is 7.97. The second kappa shape index (κ2) is 15.1. The summed E-state index contributed by atoms with van der Waals surface area (Å²) in [5.41, 5.74) is 3.99. The number of aromatic hydroxyl groups is 1. The standard InChI is InChI=1S/C38H30N6O8S/c1-22-15-30(42-44-35-34(53(50,51)52)20-24-17-29(11-13-32(24)36(35)45)40-27-5-3-2-4-6-27)12-14-33(22)43-41-28-9-7-23(8-10-28)21-39-31-18-25(37(46)47)16-26(19-31)38(48)49/h2-20,39-40,45H,21H2,1H3,(H,46,47)(H,48,49)(H,50,51,52). The molecule has 0 saturated heterocycles. The predicted molar refractivity (Wildman–Crippen MR) is 199 cm³/mol. The number of carboxylic acid groups (broad SMARTS) is 2. The minimum Gasteiger partial charge on any atom is -0.505 e. The van der Waals surface area contributed by atoms with Crippen LogP contribution in [-0.2, 0) is 16.7 Å². The number of nitrogens with one attached hydrogen (secondary N) is 2. The summed E-state index contributed by atoms with van der Waals surface area (Å²) in [6, 6.07) is 31.3. The molecule has 0 bridgehead atoms. The third-order valence-corrected chi connectivity index (χ3v) is 8.84. The zero-order valence-electron chi connectivity index (χ0n) is 27.8. The molecule has 0 atom stereocenters. The molecule has 6 N–H and O–H groups in total. The molecule has 0 aliphatic heterocycles. The third kappa shape index (κ3) is 8.68. The van der Waals surface area contributed by atoms with E-state index in [9.17, 15) is 37.9 Å². The number of para-hydroxylation sites is 1. The van der Waals surface area contributed by atoms with Crippen molar-refractivity contribution in [3.8, 4) is 5.75 Å². The molecule has 6 rings (SSSR count). The lowest BCUT2D eigenvalue weighted by Crippen LogP contribution is -2.06. The Morgan fingerprint density at radius 3 is 1.98 bits per heavy atom. The Labute approximate surface area is 302 Å². The summed E-state index contributed by atoms with van der Waals surface area (Å²) in [7, 11) is -4.80. The number of hydrogen-bond donors (Lipinski definition) is 6. The van der Waals surface area contributed by atoms with E-state index in [4.69, 9.17) is 0 Å². The molecule has 0 aliphatic carbocycles. The monoisotopic (exact) mass is 730 g/mol. The Balaban J connectivity index is 1.15. The second-order valence-corrected chi connectivity index (χ2v) is 13.2. The van der Waals surface area contributed by atoms with Gasteiger partial charge in [0.25, 0.3) is 10.1 Å². The summed E-state index contributed by atoms with van der Waals surface area (Å²) in [4.78, 5) is 22.1. The number of rotatable bonds is 12. The summed E-state index contributed by atoms with van der Waals surface area (Å²) in [6.07, 6.45) is 0. The lowest BCUT2D eigenvalue weighted by molar-refractivity contribution is 0.0696. The number of benzene rings is 6. The van der Waals surface area contributed by atoms with Gasteiger partial charge < -0.3 is 26.0 Å². The first-order valence-corrected chi connectivity index (χ1v) is 17.3. The number of nitrogens with zero attached hydrogens (tertiary/aromatic N) is 4. The fraction of sp³-hybridized carbons (Fsp3) is 0.0526. The van der Waals surface area contributed by atoms with Crippen molar-refractivity contribution in [1.82, 2.24) is 0 Å². The molecule has 53 heavy (non-hydrogen) atoms. The van der Waals surface area contributed by atoms with Gasteiger partial charge in [0.05, 0.1) is 28.2 Å². The predicted octanol–water partition coefficient (Wildman–Crippen LogP) is 9.68. The number of fused-ring (bicyclic) bond motifs is 1. The number of aryl methyl sites for hydroxylation is 1. The highest BCUT2D eigenvalue weighted by molar-refractivity contribution is 7.86. The summed E-state index contributed by atoms with van der Waals surface area (Å²) in [5, 5.41) is 53.3. The molecule has 15 heteroatoms. The van der Waals surface area contributed by atoms with Crippen LogP contribution in [0.5, 0.6) is 5.75 Å². The van der Waals surface area contributed by atoms with Crippen LogP contribution < -0.4 is 10.6 Å². The summed E-state index contributed by atoms with van der Waals surface area (Å²) in [5.74, 6) is -2.93. The molecular formula is C38H30N6O8S. The van der Waals surface area contributed by atoms with Crippen LogP contribution in [0.3, 0.4) is 0 Å². The minimum absolute atomic E-state index is 0.142. The molecule has 0 amide bonds. The molecule has 0 heterocycles. The molecule has 14 nitrogen and oxygen atoms in total. The number of anilines is 3. The molecule has 0 unspecified atom stereocenters. The number of hydrogen-bond acceptors (Lipinski definition) is 11. The van der Waals surface area contributed by atoms with Gasteiger partial charge in [0.2, 0.25) is 0 Å². The first kappa shape index (κ1) is 35.8. The SMILES string of the molecule is Cc1cc(N=Nc2c(S(=O)(=O)O)cc3cc(Nc4ccccc4)ccc3c2O)ccc1N=Nc1ccc(CNc2cc(C(=O)O)cc(C(=O)O)c2)cc1. The second-order valence-electron chi connectivity index (χ2n) is 11.8. The van der Waals surface area contributed by atoms with Gasteiger partial charge in [-0.3, -0.25) is 4.55 Å². The van der Waals surface area contributed by atoms with E-state index in [2.05, 4.69) is 31.1 Å². The molecular weight excluding hydrogens is 701 g/mol. The van der Waals surface area contributed by atoms with Crippen LogP contribution in [0.4, 0.5) is 39.8 Å². The summed E-state index contributed by atoms with van der Waals surface area (Å²) >= 11 is 0. The summed E-state index contributed by atoms with van der Waals surface area (Å²) < 4.78 is 34.7. The van der Waals surface area contributed by atoms with Crippen molar-refractivity contribution in [2.75, 3.05) is 10.6 Å². The largest absolute Gasteiger partial charge is 0.505 e. The number of carboxylic acids is 2. The molecule has 0 spiro atoms. The van der Waals surface area contributed by atoms with E-state index in [1.165, 1.54) is 18.2 Å². The van der Waals surface area contributed by atoms with Gasteiger partial charge >= 0.3 is 11.9 Å². The Bertz CT molecular complexity index is 2510. The molecule has 0 aliphatic rings. The van der Waals surface area contributed by atoms with E-state index in [1.54, 1.807) is 67.6 Å². The van der Waals surface area contributed by atoms with E-state index >= 15 is 0 Å². The smallest absolute Gasteiger partial charge is 0.335 e. The van der Waals surface area contributed by atoms with Crippen LogP contribution in [0.25, 0.3) is 10.8 Å². The Morgan fingerprint density at radius 1 is 0.679 bits per heavy atom. The Hall–Kier alpha value is -6.97. The normalized spacial score (nSPS) is 11.7. The Morgan fingerprint density at radius 2 is 1.34 bits per heavy atom. The van der Waals surface area contributed by atoms with Gasteiger partial charge in [-0.15, -0.1) is 5.11 Å². The van der Waals surface area contributed by atoms with E-state index in [1.807, 2.05) is 30.3 Å². The first-order chi connectivity index (χ1) is 25.3. The lowest BCUT2D eigenvalue weighted by Gasteiger charge is -2.11. The van der Waals surface area contributed by atoms with Crippen molar-refractivity contribution < 1.29 is 37.9 Å². The van der Waals surface area contributed by atoms with Crippen molar-refractivity contribution in [3.05, 3.63) is 138 Å². The fourth-order valence-electron chi connectivity index (χ4n) is 5.31. The maximum atomic E-state index is 12.4. The maximum Gasteiger partial charge on any atom is 0.335 e. The first-order valence-electron chi connectivity index (χ1n) is 15.8. The van der Waals surface area contributed by atoms with Crippen molar-refractivity contribution >= 4 is 72.6 Å². The van der Waals surface area contributed by atoms with Gasteiger partial charge in [-0.05, 0) is 108 Å². The highest BCUT2D eigenvalue weighted by atomic mass is 32.2.